The molecule has 0 radical (unpaired) electrons. The molecule has 9 heteroatoms. The Bertz CT molecular complexity index is 857. The summed E-state index contributed by atoms with van der Waals surface area (Å²) in [7, 11) is 0. The van der Waals surface area contributed by atoms with Gasteiger partial charge in [-0.15, -0.1) is 11.3 Å². The molecule has 1 N–H and O–H groups in total. The Morgan fingerprint density at radius 1 is 1.30 bits per heavy atom. The molecule has 116 valence electrons. The lowest BCUT2D eigenvalue weighted by atomic mass is 10.1. The van der Waals surface area contributed by atoms with Gasteiger partial charge >= 0.3 is 0 Å². The van der Waals surface area contributed by atoms with Crippen LogP contribution in [0.3, 0.4) is 0 Å². The molecule has 3 rings (SSSR count). The number of nitrogens with zero attached hydrogens (tertiary/aromatic N) is 3. The van der Waals surface area contributed by atoms with Crippen LogP contribution in [0.1, 0.15) is 5.76 Å². The number of anilines is 1. The Hall–Kier alpha value is -2.71. The van der Waals surface area contributed by atoms with Crippen LogP contribution < -0.4 is 5.43 Å². The molecule has 0 unspecified atom stereocenters. The molecule has 0 bridgehead atoms. The predicted molar refractivity (Wildman–Crippen MR) is 89.1 cm³/mol. The van der Waals surface area contributed by atoms with Crippen molar-refractivity contribution in [3.8, 4) is 11.3 Å². The molecule has 2 heterocycles. The van der Waals surface area contributed by atoms with Gasteiger partial charge in [-0.2, -0.15) is 5.10 Å². The van der Waals surface area contributed by atoms with Crippen LogP contribution in [0.4, 0.5) is 10.8 Å². The zero-order valence-corrected chi connectivity index (χ0v) is 13.0. The number of nitro benzene ring substituents is 1. The molecule has 3 aromatic rings. The second-order valence-electron chi connectivity index (χ2n) is 4.35. The summed E-state index contributed by atoms with van der Waals surface area (Å²) in [5, 5.41) is 17.3. The molecule has 0 amide bonds. The first-order valence-electron chi connectivity index (χ1n) is 6.36. The second-order valence-corrected chi connectivity index (χ2v) is 5.60. The SMILES string of the molecule is O=[N+]([O-])c1ccc(-c2ccc(/C=N\Nc3nc(Cl)cs3)o2)cc1. The van der Waals surface area contributed by atoms with Gasteiger partial charge in [0.25, 0.3) is 5.69 Å². The normalized spacial score (nSPS) is 11.0. The maximum absolute atomic E-state index is 10.6. The molecule has 1 aromatic carbocycles. The summed E-state index contributed by atoms with van der Waals surface area (Å²) in [5.41, 5.74) is 3.52. The van der Waals surface area contributed by atoms with E-state index in [0.717, 1.165) is 5.56 Å². The van der Waals surface area contributed by atoms with Crippen molar-refractivity contribution in [1.29, 1.82) is 0 Å². The van der Waals surface area contributed by atoms with Crippen molar-refractivity contribution in [3.05, 3.63) is 62.8 Å². The van der Waals surface area contributed by atoms with Crippen LogP contribution in [0.15, 0.2) is 51.3 Å². The standard InChI is InChI=1S/C14H9ClN4O3S/c15-13-8-23-14(17-13)18-16-7-11-5-6-12(22-11)9-1-3-10(4-2-9)19(20)21/h1-8H,(H,17,18)/b16-7-. The van der Waals surface area contributed by atoms with E-state index in [9.17, 15) is 10.1 Å². The molecule has 0 spiro atoms. The fraction of sp³-hybridized carbons (Fsp3) is 0. The number of nitrogens with one attached hydrogen (secondary N) is 1. The third-order valence-corrected chi connectivity index (χ3v) is 3.89. The first-order valence-corrected chi connectivity index (χ1v) is 7.62. The number of thiazole rings is 1. The number of non-ortho nitro benzene ring substituents is 1. The average molecular weight is 349 g/mol. The Labute approximate surface area is 139 Å². The van der Waals surface area contributed by atoms with Gasteiger partial charge in [-0.25, -0.2) is 4.98 Å². The van der Waals surface area contributed by atoms with Crippen molar-refractivity contribution in [2.75, 3.05) is 5.43 Å². The Morgan fingerprint density at radius 2 is 2.09 bits per heavy atom. The summed E-state index contributed by atoms with van der Waals surface area (Å²) in [6, 6.07) is 9.64. The van der Waals surface area contributed by atoms with Gasteiger partial charge in [0.1, 0.15) is 16.7 Å². The van der Waals surface area contributed by atoms with Gasteiger partial charge in [-0.05, 0) is 24.3 Å². The monoisotopic (exact) mass is 348 g/mol. The van der Waals surface area contributed by atoms with E-state index in [1.165, 1.54) is 29.7 Å². The number of hydrazone groups is 1. The lowest BCUT2D eigenvalue weighted by Crippen LogP contribution is -1.88. The number of rotatable bonds is 5. The summed E-state index contributed by atoms with van der Waals surface area (Å²) in [5.74, 6) is 1.13. The molecule has 23 heavy (non-hydrogen) atoms. The van der Waals surface area contributed by atoms with E-state index in [4.69, 9.17) is 16.0 Å². The summed E-state index contributed by atoms with van der Waals surface area (Å²) < 4.78 is 5.61. The lowest BCUT2D eigenvalue weighted by Gasteiger charge is -1.96. The maximum Gasteiger partial charge on any atom is 0.269 e. The summed E-state index contributed by atoms with van der Waals surface area (Å²) in [6.45, 7) is 0. The molecule has 2 aromatic heterocycles. The van der Waals surface area contributed by atoms with Gasteiger partial charge in [0, 0.05) is 23.1 Å². The highest BCUT2D eigenvalue weighted by Gasteiger charge is 2.07. The van der Waals surface area contributed by atoms with Gasteiger partial charge in [-0.1, -0.05) is 11.6 Å². The molecule has 0 aliphatic rings. The van der Waals surface area contributed by atoms with Crippen LogP contribution in [0.25, 0.3) is 11.3 Å². The Kier molecular flexibility index (Phi) is 4.35. The van der Waals surface area contributed by atoms with Crippen LogP contribution in [0.2, 0.25) is 5.15 Å². The van der Waals surface area contributed by atoms with Crippen molar-refractivity contribution in [2.24, 2.45) is 5.10 Å². The summed E-state index contributed by atoms with van der Waals surface area (Å²) in [4.78, 5) is 14.2. The van der Waals surface area contributed by atoms with Crippen molar-refractivity contribution < 1.29 is 9.34 Å². The van der Waals surface area contributed by atoms with Gasteiger partial charge in [0.05, 0.1) is 11.1 Å². The summed E-state index contributed by atoms with van der Waals surface area (Å²) >= 11 is 7.04. The van der Waals surface area contributed by atoms with Gasteiger partial charge in [0.2, 0.25) is 5.13 Å². The fourth-order valence-corrected chi connectivity index (χ4v) is 2.57. The zero-order valence-electron chi connectivity index (χ0n) is 11.5. The number of hydrogen-bond donors (Lipinski definition) is 1. The highest BCUT2D eigenvalue weighted by Crippen LogP contribution is 2.24. The van der Waals surface area contributed by atoms with E-state index in [-0.39, 0.29) is 5.69 Å². The van der Waals surface area contributed by atoms with Crippen molar-refractivity contribution >= 4 is 40.0 Å². The number of nitro groups is 1. The topological polar surface area (TPSA) is 93.6 Å². The number of hydrogen-bond acceptors (Lipinski definition) is 7. The van der Waals surface area contributed by atoms with Crippen molar-refractivity contribution in [3.63, 3.8) is 0 Å². The quantitative estimate of drug-likeness (QED) is 0.418. The van der Waals surface area contributed by atoms with E-state index in [1.807, 2.05) is 0 Å². The Balaban J connectivity index is 1.68. The predicted octanol–water partition coefficient (Wildman–Crippen LogP) is 4.41. The third kappa shape index (κ3) is 3.74. The fourth-order valence-electron chi connectivity index (χ4n) is 1.78. The number of halogens is 1. The van der Waals surface area contributed by atoms with Gasteiger partial charge in [-0.3, -0.25) is 15.5 Å². The molecule has 0 aliphatic heterocycles. The first kappa shape index (κ1) is 15.2. The molecule has 0 atom stereocenters. The second kappa shape index (κ2) is 6.59. The minimum absolute atomic E-state index is 0.0356. The molecule has 0 saturated carbocycles. The van der Waals surface area contributed by atoms with E-state index >= 15 is 0 Å². The van der Waals surface area contributed by atoms with Crippen LogP contribution in [-0.4, -0.2) is 16.1 Å². The number of aromatic nitrogens is 1. The smallest absolute Gasteiger partial charge is 0.269 e. The maximum atomic E-state index is 10.6. The van der Waals surface area contributed by atoms with Crippen molar-refractivity contribution in [1.82, 2.24) is 4.98 Å². The number of benzene rings is 1. The molecular formula is C14H9ClN4O3S. The average Bonchev–Trinajstić information content (AvgIpc) is 3.17. The van der Waals surface area contributed by atoms with Crippen LogP contribution in [0.5, 0.6) is 0 Å². The van der Waals surface area contributed by atoms with E-state index < -0.39 is 4.92 Å². The van der Waals surface area contributed by atoms with Crippen LogP contribution in [0, 0.1) is 10.1 Å². The van der Waals surface area contributed by atoms with Crippen LogP contribution >= 0.6 is 22.9 Å². The lowest BCUT2D eigenvalue weighted by molar-refractivity contribution is -0.384. The third-order valence-electron chi connectivity index (χ3n) is 2.82. The van der Waals surface area contributed by atoms with E-state index in [1.54, 1.807) is 29.6 Å². The zero-order chi connectivity index (χ0) is 16.2. The summed E-state index contributed by atoms with van der Waals surface area (Å²) in [6.07, 6.45) is 1.50. The molecule has 0 aliphatic carbocycles. The molecule has 0 saturated heterocycles. The van der Waals surface area contributed by atoms with E-state index in [0.29, 0.717) is 21.8 Å². The Morgan fingerprint density at radius 3 is 2.74 bits per heavy atom. The van der Waals surface area contributed by atoms with Crippen molar-refractivity contribution in [2.45, 2.75) is 0 Å². The molecule has 0 fully saturated rings. The highest BCUT2D eigenvalue weighted by atomic mass is 35.5. The molecular weight excluding hydrogens is 340 g/mol. The highest BCUT2D eigenvalue weighted by molar-refractivity contribution is 7.14. The van der Waals surface area contributed by atoms with Crippen LogP contribution in [-0.2, 0) is 0 Å². The molecule has 7 nitrogen and oxygen atoms in total. The van der Waals surface area contributed by atoms with Gasteiger partial charge in [0.15, 0.2) is 0 Å². The number of furan rings is 1. The largest absolute Gasteiger partial charge is 0.455 e. The minimum Gasteiger partial charge on any atom is -0.455 e. The van der Waals surface area contributed by atoms with Gasteiger partial charge < -0.3 is 4.42 Å². The first-order chi connectivity index (χ1) is 11.1. The van der Waals surface area contributed by atoms with E-state index in [2.05, 4.69) is 15.5 Å². The minimum atomic E-state index is -0.444.